The van der Waals surface area contributed by atoms with Gasteiger partial charge in [-0.1, -0.05) is 18.2 Å². The predicted octanol–water partition coefficient (Wildman–Crippen LogP) is 3.19. The van der Waals surface area contributed by atoms with Crippen molar-refractivity contribution in [3.63, 3.8) is 0 Å². The predicted molar refractivity (Wildman–Crippen MR) is 119 cm³/mol. The van der Waals surface area contributed by atoms with Gasteiger partial charge in [0.1, 0.15) is 22.8 Å². The summed E-state index contributed by atoms with van der Waals surface area (Å²) in [4.78, 5) is 25.6. The van der Waals surface area contributed by atoms with Crippen molar-refractivity contribution in [3.8, 4) is 28.4 Å². The second-order valence-corrected chi connectivity index (χ2v) is 7.14. The Morgan fingerprint density at radius 3 is 2.41 bits per heavy atom. The van der Waals surface area contributed by atoms with Crippen LogP contribution in [0.15, 0.2) is 65.7 Å². The molecule has 2 aromatic rings. The lowest BCUT2D eigenvalue weighted by atomic mass is 10.1. The molecule has 2 aromatic carbocycles. The van der Waals surface area contributed by atoms with E-state index >= 15 is 0 Å². The van der Waals surface area contributed by atoms with Crippen LogP contribution in [-0.2, 0) is 17.7 Å². The van der Waals surface area contributed by atoms with Crippen molar-refractivity contribution in [1.29, 1.82) is 0 Å². The lowest BCUT2D eigenvalue weighted by Gasteiger charge is -2.13. The molecule has 164 valence electrons. The molecule has 0 spiro atoms. The van der Waals surface area contributed by atoms with Gasteiger partial charge in [0.15, 0.2) is 0 Å². The van der Waals surface area contributed by atoms with Gasteiger partial charge < -0.3 is 18.8 Å². The topological polar surface area (TPSA) is 84.6 Å². The number of benzene rings is 2. The molecule has 0 bridgehead atoms. The summed E-state index contributed by atoms with van der Waals surface area (Å²) in [7, 11) is 4.51. The van der Waals surface area contributed by atoms with Crippen LogP contribution < -0.4 is 15.0 Å². The van der Waals surface area contributed by atoms with Crippen LogP contribution in [-0.4, -0.2) is 41.6 Å². The number of hydrogen-bond donors (Lipinski definition) is 0. The highest BCUT2D eigenvalue weighted by Crippen LogP contribution is 2.25. The number of rotatable bonds is 7. The smallest absolute Gasteiger partial charge is 0.341 e. The maximum atomic E-state index is 13.2. The Morgan fingerprint density at radius 2 is 1.72 bits per heavy atom. The van der Waals surface area contributed by atoms with E-state index in [0.717, 1.165) is 11.3 Å². The van der Waals surface area contributed by atoms with Crippen LogP contribution in [0, 0.1) is 0 Å². The van der Waals surface area contributed by atoms with Crippen LogP contribution in [0.3, 0.4) is 0 Å². The van der Waals surface area contributed by atoms with E-state index in [9.17, 15) is 9.59 Å². The van der Waals surface area contributed by atoms with Gasteiger partial charge in [-0.05, 0) is 42.3 Å². The highest BCUT2D eigenvalue weighted by atomic mass is 16.5. The lowest BCUT2D eigenvalue weighted by molar-refractivity contribution is 0.0600. The Morgan fingerprint density at radius 1 is 0.969 bits per heavy atom. The molecule has 0 aliphatic carbocycles. The van der Waals surface area contributed by atoms with Crippen LogP contribution in [0.4, 0.5) is 0 Å². The van der Waals surface area contributed by atoms with E-state index in [-0.39, 0.29) is 11.1 Å². The number of hydrogen-bond acceptors (Lipinski definition) is 6. The molecule has 2 heterocycles. The molecule has 2 aliphatic rings. The molecular weight excluding hydrogens is 410 g/mol. The molecule has 0 N–H and O–H groups in total. The average molecular weight is 433 g/mol. The number of esters is 1. The first-order chi connectivity index (χ1) is 15.5. The largest absolute Gasteiger partial charge is 0.497 e. The van der Waals surface area contributed by atoms with E-state index in [0.29, 0.717) is 35.7 Å². The zero-order valence-corrected chi connectivity index (χ0v) is 18.1. The molecular formula is C24H23N3O5. The summed E-state index contributed by atoms with van der Waals surface area (Å²) < 4.78 is 18.6. The zero-order chi connectivity index (χ0) is 22.7. The number of methoxy groups -OCH3 is 3. The van der Waals surface area contributed by atoms with Crippen molar-refractivity contribution in [1.82, 2.24) is 14.3 Å². The van der Waals surface area contributed by atoms with Gasteiger partial charge >= 0.3 is 5.97 Å². The fourth-order valence-corrected chi connectivity index (χ4v) is 3.61. The van der Waals surface area contributed by atoms with Crippen LogP contribution in [0.25, 0.3) is 16.9 Å². The van der Waals surface area contributed by atoms with Crippen molar-refractivity contribution in [2.45, 2.75) is 13.0 Å². The summed E-state index contributed by atoms with van der Waals surface area (Å²) in [6, 6.07) is 14.7. The van der Waals surface area contributed by atoms with Crippen molar-refractivity contribution in [3.05, 3.63) is 82.4 Å². The summed E-state index contributed by atoms with van der Waals surface area (Å²) >= 11 is 0. The lowest BCUT2D eigenvalue weighted by Crippen LogP contribution is -2.16. The minimum Gasteiger partial charge on any atom is -0.497 e. The quantitative estimate of drug-likeness (QED) is 0.416. The summed E-state index contributed by atoms with van der Waals surface area (Å²) in [6.45, 7) is 0.535. The van der Waals surface area contributed by atoms with Gasteiger partial charge in [-0.3, -0.25) is 4.79 Å². The fourth-order valence-electron chi connectivity index (χ4n) is 3.61. The Balaban J connectivity index is 1.76. The minimum absolute atomic E-state index is 0.231. The van der Waals surface area contributed by atoms with Gasteiger partial charge in [-0.15, -0.1) is 0 Å². The standard InChI is InChI=1S/C24H23N3O5/c1-30-18-10-8-17(9-11-18)27-23(28)19-14-26(15-20(22(19)25-27)24(29)32-3)13-12-16-6-4-5-7-21(16)31-2/h4-11,14-15H,12-13H2,1-3H3. The van der Waals surface area contributed by atoms with Crippen molar-refractivity contribution in [2.24, 2.45) is 0 Å². The van der Waals surface area contributed by atoms with Crippen molar-refractivity contribution in [2.75, 3.05) is 21.3 Å². The first-order valence-corrected chi connectivity index (χ1v) is 10.0. The van der Waals surface area contributed by atoms with Crippen molar-refractivity contribution < 1.29 is 19.0 Å². The van der Waals surface area contributed by atoms with E-state index in [1.54, 1.807) is 50.9 Å². The molecule has 8 heteroatoms. The third-order valence-electron chi connectivity index (χ3n) is 5.28. The first kappa shape index (κ1) is 21.2. The third-order valence-corrected chi connectivity index (χ3v) is 5.28. The number of carbonyl (C=O) groups excluding carboxylic acids is 1. The Hall–Kier alpha value is -4.07. The van der Waals surface area contributed by atoms with Crippen LogP contribution in [0.2, 0.25) is 0 Å². The molecule has 2 aliphatic heterocycles. The first-order valence-electron chi connectivity index (χ1n) is 10.0. The number of carbonyl (C=O) groups is 1. The van der Waals surface area contributed by atoms with E-state index < -0.39 is 5.97 Å². The monoisotopic (exact) mass is 433 g/mol. The highest BCUT2D eigenvalue weighted by molar-refractivity contribution is 5.96. The molecule has 8 nitrogen and oxygen atoms in total. The summed E-state index contributed by atoms with van der Waals surface area (Å²) in [5.41, 5.74) is 2.15. The van der Waals surface area contributed by atoms with Gasteiger partial charge in [0.05, 0.1) is 32.6 Å². The molecule has 0 fully saturated rings. The molecule has 0 radical (unpaired) electrons. The third kappa shape index (κ3) is 3.94. The number of aryl methyl sites for hydroxylation is 2. The highest BCUT2D eigenvalue weighted by Gasteiger charge is 2.25. The summed E-state index contributed by atoms with van der Waals surface area (Å²) in [5.74, 6) is 0.905. The Labute approximate surface area is 184 Å². The van der Waals surface area contributed by atoms with E-state index in [1.807, 2.05) is 28.8 Å². The fraction of sp³-hybridized carbons (Fsp3) is 0.208. The summed E-state index contributed by atoms with van der Waals surface area (Å²) in [6.07, 6.45) is 4.03. The van der Waals surface area contributed by atoms with E-state index in [1.165, 1.54) is 11.8 Å². The van der Waals surface area contributed by atoms with Gasteiger partial charge in [0, 0.05) is 18.9 Å². The number of aromatic nitrogens is 3. The number of nitrogens with zero attached hydrogens (tertiary/aromatic N) is 3. The SMILES string of the molecule is COC(=O)c1cn(CCc2ccccc2OC)cc2c(=O)n(-c3ccc(OC)cc3)nc1-2. The molecule has 0 unspecified atom stereocenters. The van der Waals surface area contributed by atoms with Crippen LogP contribution in [0.1, 0.15) is 15.9 Å². The second kappa shape index (κ2) is 8.97. The maximum Gasteiger partial charge on any atom is 0.341 e. The van der Waals surface area contributed by atoms with Gasteiger partial charge in [0.2, 0.25) is 0 Å². The molecule has 4 rings (SSSR count). The van der Waals surface area contributed by atoms with E-state index in [4.69, 9.17) is 14.2 Å². The van der Waals surface area contributed by atoms with Crippen molar-refractivity contribution >= 4 is 5.97 Å². The Bertz CT molecular complexity index is 1270. The minimum atomic E-state index is -0.555. The molecule has 0 saturated carbocycles. The number of fused-ring (bicyclic) bond motifs is 1. The molecule has 32 heavy (non-hydrogen) atoms. The number of para-hydroxylation sites is 1. The Kier molecular flexibility index (Phi) is 5.93. The van der Waals surface area contributed by atoms with Gasteiger partial charge in [0.25, 0.3) is 5.56 Å². The molecule has 0 saturated heterocycles. The average Bonchev–Trinajstić information content (AvgIpc) is 3.18. The van der Waals surface area contributed by atoms with Gasteiger partial charge in [-0.25, -0.2) is 4.79 Å². The van der Waals surface area contributed by atoms with Gasteiger partial charge in [-0.2, -0.15) is 9.78 Å². The van der Waals surface area contributed by atoms with Crippen LogP contribution >= 0.6 is 0 Å². The molecule has 0 amide bonds. The molecule has 0 atom stereocenters. The maximum absolute atomic E-state index is 13.2. The number of ether oxygens (including phenoxy) is 3. The normalized spacial score (nSPS) is 10.8. The van der Waals surface area contributed by atoms with Crippen LogP contribution in [0.5, 0.6) is 11.5 Å². The molecule has 0 aromatic heterocycles. The second-order valence-electron chi connectivity index (χ2n) is 7.14. The van der Waals surface area contributed by atoms with E-state index in [2.05, 4.69) is 5.10 Å². The summed E-state index contributed by atoms with van der Waals surface area (Å²) in [5, 5.41) is 4.42. The zero-order valence-electron chi connectivity index (χ0n) is 18.1. The number of pyridine rings is 1.